The maximum absolute atomic E-state index is 10.6. The van der Waals surface area contributed by atoms with Gasteiger partial charge in [-0.15, -0.1) is 0 Å². The third-order valence-electron chi connectivity index (χ3n) is 0.941. The Bertz CT molecular complexity index is 277. The van der Waals surface area contributed by atoms with Crippen molar-refractivity contribution in [2.24, 2.45) is 0 Å². The molecule has 0 saturated heterocycles. The summed E-state index contributed by atoms with van der Waals surface area (Å²) in [7, 11) is 0. The Morgan fingerprint density at radius 2 is 2.36 bits per heavy atom. The molecular formula is C7H6ClNOS. The van der Waals surface area contributed by atoms with Crippen LogP contribution in [0, 0.1) is 0 Å². The Morgan fingerprint density at radius 1 is 1.64 bits per heavy atom. The van der Waals surface area contributed by atoms with E-state index in [1.807, 2.05) is 0 Å². The van der Waals surface area contributed by atoms with Gasteiger partial charge < -0.3 is 0 Å². The van der Waals surface area contributed by atoms with Gasteiger partial charge in [-0.05, 0) is 6.07 Å². The molecule has 1 aromatic rings. The minimum Gasteiger partial charge on any atom is -0.287 e. The molecule has 0 aliphatic rings. The molecule has 1 aromatic heterocycles. The molecular weight excluding hydrogens is 182 g/mol. The maximum atomic E-state index is 10.6. The molecule has 0 aliphatic heterocycles. The van der Waals surface area contributed by atoms with Gasteiger partial charge in [0.2, 0.25) is 0 Å². The van der Waals surface area contributed by atoms with Gasteiger partial charge in [0.25, 0.3) is 0 Å². The highest BCUT2D eigenvalue weighted by Gasteiger charge is 1.98. The molecule has 0 atom stereocenters. The first-order valence-corrected chi connectivity index (χ1v) is 4.17. The number of carbonyl (C=O) groups is 1. The number of thioether (sulfide) groups is 1. The van der Waals surface area contributed by atoms with Crippen molar-refractivity contribution >= 4 is 28.5 Å². The maximum Gasteiger partial charge on any atom is 0.190 e. The average molecular weight is 188 g/mol. The van der Waals surface area contributed by atoms with Crippen LogP contribution < -0.4 is 0 Å². The minimum absolute atomic E-state index is 0.0362. The number of aromatic nitrogens is 1. The van der Waals surface area contributed by atoms with Gasteiger partial charge in [-0.2, -0.15) is 0 Å². The molecule has 0 spiro atoms. The summed E-state index contributed by atoms with van der Waals surface area (Å²) < 4.78 is 0. The summed E-state index contributed by atoms with van der Waals surface area (Å²) in [6.45, 7) is 1.51. The quantitative estimate of drug-likeness (QED) is 0.633. The second-order valence-corrected chi connectivity index (χ2v) is 3.62. The number of hydrogen-bond acceptors (Lipinski definition) is 3. The first-order valence-electron chi connectivity index (χ1n) is 2.97. The van der Waals surface area contributed by atoms with Crippen molar-refractivity contribution in [1.29, 1.82) is 0 Å². The second kappa shape index (κ2) is 3.74. The molecule has 0 aliphatic carbocycles. The van der Waals surface area contributed by atoms with Gasteiger partial charge >= 0.3 is 0 Å². The minimum atomic E-state index is 0.0362. The van der Waals surface area contributed by atoms with Crippen LogP contribution in [-0.4, -0.2) is 10.1 Å². The number of pyridine rings is 1. The van der Waals surface area contributed by atoms with Crippen molar-refractivity contribution in [3.8, 4) is 0 Å². The van der Waals surface area contributed by atoms with Crippen molar-refractivity contribution in [2.45, 2.75) is 11.8 Å². The molecule has 58 valence electrons. The van der Waals surface area contributed by atoms with E-state index in [4.69, 9.17) is 11.6 Å². The summed E-state index contributed by atoms with van der Waals surface area (Å²) in [5.41, 5.74) is 0. The molecule has 2 nitrogen and oxygen atoms in total. The van der Waals surface area contributed by atoms with Gasteiger partial charge in [0, 0.05) is 24.2 Å². The van der Waals surface area contributed by atoms with Crippen LogP contribution in [-0.2, 0) is 4.79 Å². The van der Waals surface area contributed by atoms with Gasteiger partial charge in [0.1, 0.15) is 0 Å². The highest BCUT2D eigenvalue weighted by molar-refractivity contribution is 8.13. The van der Waals surface area contributed by atoms with E-state index >= 15 is 0 Å². The van der Waals surface area contributed by atoms with Crippen LogP contribution in [0.3, 0.4) is 0 Å². The van der Waals surface area contributed by atoms with E-state index in [0.717, 1.165) is 16.7 Å². The number of nitrogens with zero attached hydrogens (tertiary/aromatic N) is 1. The van der Waals surface area contributed by atoms with Gasteiger partial charge in [-0.25, -0.2) is 0 Å². The summed E-state index contributed by atoms with van der Waals surface area (Å²) in [6, 6.07) is 1.71. The summed E-state index contributed by atoms with van der Waals surface area (Å²) in [6.07, 6.45) is 3.14. The molecule has 4 heteroatoms. The van der Waals surface area contributed by atoms with E-state index in [0.29, 0.717) is 5.02 Å². The summed E-state index contributed by atoms with van der Waals surface area (Å²) in [4.78, 5) is 15.2. The van der Waals surface area contributed by atoms with Crippen molar-refractivity contribution < 1.29 is 4.79 Å². The molecule has 11 heavy (non-hydrogen) atoms. The summed E-state index contributed by atoms with van der Waals surface area (Å²) >= 11 is 6.77. The first-order chi connectivity index (χ1) is 5.18. The predicted octanol–water partition coefficient (Wildman–Crippen LogP) is 2.37. The van der Waals surface area contributed by atoms with Crippen LogP contribution in [0.1, 0.15) is 6.92 Å². The smallest absolute Gasteiger partial charge is 0.190 e. The zero-order chi connectivity index (χ0) is 8.27. The van der Waals surface area contributed by atoms with Crippen molar-refractivity contribution in [3.63, 3.8) is 0 Å². The van der Waals surface area contributed by atoms with E-state index in [1.165, 1.54) is 13.1 Å². The van der Waals surface area contributed by atoms with E-state index in [-0.39, 0.29) is 5.12 Å². The Morgan fingerprint density at radius 3 is 2.91 bits per heavy atom. The van der Waals surface area contributed by atoms with Crippen LogP contribution in [0.2, 0.25) is 5.02 Å². The lowest BCUT2D eigenvalue weighted by atomic mass is 10.5. The standard InChI is InChI=1S/C7H6ClNOS/c1-5(10)11-7-2-6(8)3-9-4-7/h2-4H,1H3. The number of hydrogen-bond donors (Lipinski definition) is 0. The largest absolute Gasteiger partial charge is 0.287 e. The molecule has 0 radical (unpaired) electrons. The Hall–Kier alpha value is -0.540. The fourth-order valence-corrected chi connectivity index (χ4v) is 1.48. The van der Waals surface area contributed by atoms with E-state index in [2.05, 4.69) is 4.98 Å². The van der Waals surface area contributed by atoms with Gasteiger partial charge in [0.15, 0.2) is 5.12 Å². The molecule has 0 aromatic carbocycles. The SMILES string of the molecule is CC(=O)Sc1cncc(Cl)c1. The van der Waals surface area contributed by atoms with Crippen LogP contribution in [0.5, 0.6) is 0 Å². The fraction of sp³-hybridized carbons (Fsp3) is 0.143. The predicted molar refractivity (Wildman–Crippen MR) is 45.8 cm³/mol. The fourth-order valence-electron chi connectivity index (χ4n) is 0.614. The molecule has 0 unspecified atom stereocenters. The number of halogens is 1. The van der Waals surface area contributed by atoms with Crippen molar-refractivity contribution in [3.05, 3.63) is 23.5 Å². The van der Waals surface area contributed by atoms with Gasteiger partial charge in [-0.3, -0.25) is 9.78 Å². The third-order valence-corrected chi connectivity index (χ3v) is 1.89. The van der Waals surface area contributed by atoms with Crippen LogP contribution in [0.15, 0.2) is 23.4 Å². The van der Waals surface area contributed by atoms with Gasteiger partial charge in [-0.1, -0.05) is 23.4 Å². The third kappa shape index (κ3) is 2.91. The molecule has 0 fully saturated rings. The second-order valence-electron chi connectivity index (χ2n) is 1.93. The zero-order valence-electron chi connectivity index (χ0n) is 5.87. The summed E-state index contributed by atoms with van der Waals surface area (Å²) in [5.74, 6) is 0. The molecule has 0 bridgehead atoms. The lowest BCUT2D eigenvalue weighted by molar-refractivity contribution is -0.109. The average Bonchev–Trinajstić information content (AvgIpc) is 1.85. The van der Waals surface area contributed by atoms with Crippen molar-refractivity contribution in [1.82, 2.24) is 4.98 Å². The Balaban J connectivity index is 2.79. The highest BCUT2D eigenvalue weighted by atomic mass is 35.5. The molecule has 0 N–H and O–H groups in total. The first kappa shape index (κ1) is 8.56. The summed E-state index contributed by atoms with van der Waals surface area (Å²) in [5, 5.41) is 0.588. The number of rotatable bonds is 1. The monoisotopic (exact) mass is 187 g/mol. The van der Waals surface area contributed by atoms with Crippen molar-refractivity contribution in [2.75, 3.05) is 0 Å². The molecule has 1 heterocycles. The van der Waals surface area contributed by atoms with E-state index in [1.54, 1.807) is 12.3 Å². The van der Waals surface area contributed by atoms with Gasteiger partial charge in [0.05, 0.1) is 5.02 Å². The lowest BCUT2D eigenvalue weighted by Gasteiger charge is -1.94. The van der Waals surface area contributed by atoms with E-state index < -0.39 is 0 Å². The lowest BCUT2D eigenvalue weighted by Crippen LogP contribution is -1.81. The van der Waals surface area contributed by atoms with Crippen LogP contribution in [0.4, 0.5) is 0 Å². The van der Waals surface area contributed by atoms with Crippen LogP contribution >= 0.6 is 23.4 Å². The molecule has 0 amide bonds. The Labute approximate surface area is 74.0 Å². The zero-order valence-corrected chi connectivity index (χ0v) is 7.45. The molecule has 1 rings (SSSR count). The highest BCUT2D eigenvalue weighted by Crippen LogP contribution is 2.20. The Kier molecular flexibility index (Phi) is 2.91. The topological polar surface area (TPSA) is 30.0 Å². The normalized spacial score (nSPS) is 9.64. The molecule has 0 saturated carbocycles. The number of carbonyl (C=O) groups excluding carboxylic acids is 1. The van der Waals surface area contributed by atoms with Crippen LogP contribution in [0.25, 0.3) is 0 Å². The van der Waals surface area contributed by atoms with E-state index in [9.17, 15) is 4.79 Å².